The summed E-state index contributed by atoms with van der Waals surface area (Å²) in [4.78, 5) is 4.89. The summed E-state index contributed by atoms with van der Waals surface area (Å²) in [5, 5.41) is 3.43. The highest BCUT2D eigenvalue weighted by atomic mass is 15.1. The molecular weight excluding hydrogens is 222 g/mol. The second kappa shape index (κ2) is 5.87. The van der Waals surface area contributed by atoms with E-state index in [2.05, 4.69) is 37.6 Å². The highest BCUT2D eigenvalue weighted by molar-refractivity contribution is 5.21. The lowest BCUT2D eigenvalue weighted by molar-refractivity contribution is 0.449. The standard InChI is InChI=1S/C15H27N3/c1-5-6-12(4)18-14-7-8-16-10-13(14)17-15(18)9-11(2)3/h11-12,16H,5-10H2,1-4H3. The molecule has 0 bridgehead atoms. The van der Waals surface area contributed by atoms with Crippen molar-refractivity contribution in [2.24, 2.45) is 5.92 Å². The molecule has 1 atom stereocenters. The molecule has 1 unspecified atom stereocenters. The molecule has 0 saturated carbocycles. The van der Waals surface area contributed by atoms with Crippen molar-refractivity contribution in [1.29, 1.82) is 0 Å². The molecule has 0 aliphatic carbocycles. The first-order valence-electron chi connectivity index (χ1n) is 7.43. The molecule has 1 N–H and O–H groups in total. The average molecular weight is 249 g/mol. The minimum atomic E-state index is 0.595. The zero-order valence-electron chi connectivity index (χ0n) is 12.3. The van der Waals surface area contributed by atoms with Crippen LogP contribution in [0.2, 0.25) is 0 Å². The lowest BCUT2D eigenvalue weighted by Gasteiger charge is -2.22. The van der Waals surface area contributed by atoms with Gasteiger partial charge in [-0.1, -0.05) is 27.2 Å². The molecule has 2 rings (SSSR count). The van der Waals surface area contributed by atoms with Crippen LogP contribution in [-0.2, 0) is 19.4 Å². The van der Waals surface area contributed by atoms with Crippen molar-refractivity contribution < 1.29 is 0 Å². The molecule has 0 spiro atoms. The Morgan fingerprint density at radius 2 is 2.11 bits per heavy atom. The van der Waals surface area contributed by atoms with E-state index in [0.29, 0.717) is 12.0 Å². The Morgan fingerprint density at radius 1 is 1.33 bits per heavy atom. The first-order chi connectivity index (χ1) is 8.63. The summed E-state index contributed by atoms with van der Waals surface area (Å²) >= 11 is 0. The van der Waals surface area contributed by atoms with Gasteiger partial charge in [0.1, 0.15) is 5.82 Å². The van der Waals surface area contributed by atoms with E-state index >= 15 is 0 Å². The molecule has 0 amide bonds. The third-order valence-electron chi connectivity index (χ3n) is 3.74. The summed E-state index contributed by atoms with van der Waals surface area (Å²) < 4.78 is 2.54. The fourth-order valence-corrected chi connectivity index (χ4v) is 2.97. The smallest absolute Gasteiger partial charge is 0.109 e. The van der Waals surface area contributed by atoms with Crippen LogP contribution in [-0.4, -0.2) is 16.1 Å². The molecule has 0 saturated heterocycles. The number of hydrogen-bond acceptors (Lipinski definition) is 2. The average Bonchev–Trinajstić information content (AvgIpc) is 2.66. The van der Waals surface area contributed by atoms with E-state index in [1.807, 2.05) is 0 Å². The summed E-state index contributed by atoms with van der Waals surface area (Å²) in [6, 6.07) is 0.595. The molecule has 18 heavy (non-hydrogen) atoms. The van der Waals surface area contributed by atoms with E-state index in [1.165, 1.54) is 30.1 Å². The van der Waals surface area contributed by atoms with Crippen molar-refractivity contribution in [2.45, 2.75) is 66.0 Å². The fraction of sp³-hybridized carbons (Fsp3) is 0.800. The van der Waals surface area contributed by atoms with E-state index in [9.17, 15) is 0 Å². The van der Waals surface area contributed by atoms with E-state index in [4.69, 9.17) is 4.98 Å². The lowest BCUT2D eigenvalue weighted by atomic mass is 10.1. The van der Waals surface area contributed by atoms with Crippen molar-refractivity contribution in [3.63, 3.8) is 0 Å². The van der Waals surface area contributed by atoms with E-state index in [1.54, 1.807) is 0 Å². The van der Waals surface area contributed by atoms with Crippen molar-refractivity contribution in [1.82, 2.24) is 14.9 Å². The Labute approximate surface area is 111 Å². The predicted octanol–water partition coefficient (Wildman–Crippen LogP) is 3.09. The summed E-state index contributed by atoms with van der Waals surface area (Å²) in [7, 11) is 0. The third kappa shape index (κ3) is 2.77. The number of nitrogens with zero attached hydrogens (tertiary/aromatic N) is 2. The van der Waals surface area contributed by atoms with Gasteiger partial charge in [-0.2, -0.15) is 0 Å². The fourth-order valence-electron chi connectivity index (χ4n) is 2.97. The molecule has 102 valence electrons. The molecule has 1 aromatic rings. The zero-order valence-corrected chi connectivity index (χ0v) is 12.3. The number of aromatic nitrogens is 2. The van der Waals surface area contributed by atoms with Crippen molar-refractivity contribution in [3.8, 4) is 0 Å². The molecule has 1 aliphatic heterocycles. The number of hydrogen-bond donors (Lipinski definition) is 1. The van der Waals surface area contributed by atoms with Crippen LogP contribution in [0.5, 0.6) is 0 Å². The molecule has 0 aromatic carbocycles. The number of imidazole rings is 1. The second-order valence-corrected chi connectivity index (χ2v) is 5.95. The topological polar surface area (TPSA) is 29.9 Å². The van der Waals surface area contributed by atoms with Gasteiger partial charge in [-0.25, -0.2) is 4.98 Å². The van der Waals surface area contributed by atoms with Gasteiger partial charge < -0.3 is 9.88 Å². The van der Waals surface area contributed by atoms with Gasteiger partial charge in [0.25, 0.3) is 0 Å². The van der Waals surface area contributed by atoms with Crippen LogP contribution in [0.4, 0.5) is 0 Å². The van der Waals surface area contributed by atoms with Crippen LogP contribution in [0.1, 0.15) is 63.8 Å². The van der Waals surface area contributed by atoms with Gasteiger partial charge in [0, 0.05) is 37.7 Å². The van der Waals surface area contributed by atoms with Crippen LogP contribution in [0.3, 0.4) is 0 Å². The lowest BCUT2D eigenvalue weighted by Crippen LogP contribution is -2.25. The van der Waals surface area contributed by atoms with Gasteiger partial charge in [-0.15, -0.1) is 0 Å². The highest BCUT2D eigenvalue weighted by Gasteiger charge is 2.22. The summed E-state index contributed by atoms with van der Waals surface area (Å²) in [6.45, 7) is 11.2. The molecule has 1 aliphatic rings. The minimum Gasteiger partial charge on any atom is -0.329 e. The maximum Gasteiger partial charge on any atom is 0.109 e. The zero-order chi connectivity index (χ0) is 13.1. The quantitative estimate of drug-likeness (QED) is 0.869. The molecule has 0 fully saturated rings. The van der Waals surface area contributed by atoms with Crippen LogP contribution >= 0.6 is 0 Å². The molecule has 1 aromatic heterocycles. The minimum absolute atomic E-state index is 0.595. The van der Waals surface area contributed by atoms with E-state index < -0.39 is 0 Å². The summed E-state index contributed by atoms with van der Waals surface area (Å²) in [5.41, 5.74) is 2.78. The summed E-state index contributed by atoms with van der Waals surface area (Å²) in [6.07, 6.45) is 4.73. The molecular formula is C15H27N3. The van der Waals surface area contributed by atoms with Gasteiger partial charge in [-0.3, -0.25) is 0 Å². The normalized spacial score (nSPS) is 16.9. The molecule has 2 heterocycles. The molecule has 3 heteroatoms. The van der Waals surface area contributed by atoms with Gasteiger partial charge in [-0.05, 0) is 19.3 Å². The Morgan fingerprint density at radius 3 is 2.78 bits per heavy atom. The Kier molecular flexibility index (Phi) is 4.44. The molecule has 0 radical (unpaired) electrons. The van der Waals surface area contributed by atoms with Crippen LogP contribution in [0, 0.1) is 5.92 Å². The van der Waals surface area contributed by atoms with Crippen molar-refractivity contribution in [3.05, 3.63) is 17.2 Å². The maximum atomic E-state index is 4.89. The molecule has 3 nitrogen and oxygen atoms in total. The van der Waals surface area contributed by atoms with Crippen molar-refractivity contribution >= 4 is 0 Å². The van der Waals surface area contributed by atoms with E-state index in [0.717, 1.165) is 25.9 Å². The van der Waals surface area contributed by atoms with Crippen molar-refractivity contribution in [2.75, 3.05) is 6.54 Å². The van der Waals surface area contributed by atoms with E-state index in [-0.39, 0.29) is 0 Å². The predicted molar refractivity (Wildman–Crippen MR) is 75.8 cm³/mol. The number of fused-ring (bicyclic) bond motifs is 1. The maximum absolute atomic E-state index is 4.89. The number of nitrogens with one attached hydrogen (secondary N) is 1. The second-order valence-electron chi connectivity index (χ2n) is 5.95. The Hall–Kier alpha value is -0.830. The van der Waals surface area contributed by atoms with Crippen LogP contribution < -0.4 is 5.32 Å². The Balaban J connectivity index is 2.35. The highest BCUT2D eigenvalue weighted by Crippen LogP contribution is 2.25. The summed E-state index contributed by atoms with van der Waals surface area (Å²) in [5.74, 6) is 1.98. The largest absolute Gasteiger partial charge is 0.329 e. The first-order valence-corrected chi connectivity index (χ1v) is 7.43. The first kappa shape index (κ1) is 13.6. The third-order valence-corrected chi connectivity index (χ3v) is 3.74. The van der Waals surface area contributed by atoms with Gasteiger partial charge in [0.05, 0.1) is 5.69 Å². The number of rotatable bonds is 5. The van der Waals surface area contributed by atoms with Gasteiger partial charge >= 0.3 is 0 Å². The van der Waals surface area contributed by atoms with Gasteiger partial charge in [0.2, 0.25) is 0 Å². The SMILES string of the molecule is CCCC(C)n1c(CC(C)C)nc2c1CCNC2. The van der Waals surface area contributed by atoms with Crippen LogP contribution in [0.15, 0.2) is 0 Å². The Bertz CT molecular complexity index is 393. The monoisotopic (exact) mass is 249 g/mol. The van der Waals surface area contributed by atoms with Crippen LogP contribution in [0.25, 0.3) is 0 Å². The van der Waals surface area contributed by atoms with Gasteiger partial charge in [0.15, 0.2) is 0 Å².